The van der Waals surface area contributed by atoms with Crippen LogP contribution in [0, 0.1) is 0 Å². The Labute approximate surface area is 114 Å². The molecule has 19 heavy (non-hydrogen) atoms. The Morgan fingerprint density at radius 3 is 2.63 bits per heavy atom. The maximum absolute atomic E-state index is 11.6. The normalized spacial score (nSPS) is 10.2. The molecule has 0 fully saturated rings. The summed E-state index contributed by atoms with van der Waals surface area (Å²) in [6, 6.07) is 7.25. The second kappa shape index (κ2) is 9.35. The fraction of sp³-hybridized carbons (Fsp3) is 0.500. The molecule has 5 heteroatoms. The zero-order chi connectivity index (χ0) is 13.9. The Morgan fingerprint density at radius 1 is 1.26 bits per heavy atom. The quantitative estimate of drug-likeness (QED) is 0.668. The third-order valence-corrected chi connectivity index (χ3v) is 2.42. The molecule has 0 aliphatic rings. The lowest BCUT2D eigenvalue weighted by Crippen LogP contribution is -2.12. The van der Waals surface area contributed by atoms with E-state index in [1.165, 1.54) is 0 Å². The molecule has 0 unspecified atom stereocenters. The highest BCUT2D eigenvalue weighted by atomic mass is 16.5. The Balaban J connectivity index is 2.29. The van der Waals surface area contributed by atoms with E-state index in [0.29, 0.717) is 32.8 Å². The maximum atomic E-state index is 11.6. The largest absolute Gasteiger partial charge is 0.492 e. The molecule has 0 saturated carbocycles. The van der Waals surface area contributed by atoms with Gasteiger partial charge in [-0.25, -0.2) is 0 Å². The highest BCUT2D eigenvalue weighted by molar-refractivity contribution is 5.90. The van der Waals surface area contributed by atoms with Gasteiger partial charge in [0.1, 0.15) is 12.4 Å². The van der Waals surface area contributed by atoms with Crippen LogP contribution in [0.5, 0.6) is 5.75 Å². The minimum Gasteiger partial charge on any atom is -0.492 e. The monoisotopic (exact) mass is 266 g/mol. The number of nitrogens with two attached hydrogens (primary N) is 1. The molecule has 0 atom stereocenters. The number of nitrogens with one attached hydrogen (secondary N) is 1. The average molecular weight is 266 g/mol. The van der Waals surface area contributed by atoms with Crippen LogP contribution in [0.2, 0.25) is 0 Å². The summed E-state index contributed by atoms with van der Waals surface area (Å²) in [5, 5.41) is 2.83. The smallest absolute Gasteiger partial charge is 0.224 e. The van der Waals surface area contributed by atoms with Crippen LogP contribution in [0.25, 0.3) is 0 Å². The Morgan fingerprint density at radius 2 is 2.00 bits per heavy atom. The summed E-state index contributed by atoms with van der Waals surface area (Å²) in [6.07, 6.45) is 1.20. The van der Waals surface area contributed by atoms with Crippen LogP contribution in [0.15, 0.2) is 24.3 Å². The van der Waals surface area contributed by atoms with Crippen molar-refractivity contribution in [2.24, 2.45) is 5.73 Å². The summed E-state index contributed by atoms with van der Waals surface area (Å²) >= 11 is 0. The van der Waals surface area contributed by atoms with Gasteiger partial charge in [0.25, 0.3) is 0 Å². The van der Waals surface area contributed by atoms with E-state index in [4.69, 9.17) is 15.2 Å². The SMILES string of the molecule is CCOCCCC(=O)Nc1ccc(OCCN)cc1. The molecule has 106 valence electrons. The number of carbonyl (C=O) groups excluding carboxylic acids is 1. The molecule has 5 nitrogen and oxygen atoms in total. The van der Waals surface area contributed by atoms with Crippen molar-refractivity contribution in [1.82, 2.24) is 0 Å². The van der Waals surface area contributed by atoms with E-state index in [2.05, 4.69) is 5.32 Å². The van der Waals surface area contributed by atoms with Crippen LogP contribution in [-0.2, 0) is 9.53 Å². The topological polar surface area (TPSA) is 73.6 Å². The van der Waals surface area contributed by atoms with Crippen molar-refractivity contribution < 1.29 is 14.3 Å². The predicted octanol–water partition coefficient (Wildman–Crippen LogP) is 1.78. The Kier molecular flexibility index (Phi) is 7.62. The van der Waals surface area contributed by atoms with Gasteiger partial charge in [-0.05, 0) is 37.6 Å². The van der Waals surface area contributed by atoms with Crippen LogP contribution in [0.4, 0.5) is 5.69 Å². The highest BCUT2D eigenvalue weighted by Crippen LogP contribution is 2.15. The van der Waals surface area contributed by atoms with Gasteiger partial charge >= 0.3 is 0 Å². The van der Waals surface area contributed by atoms with Gasteiger partial charge in [0.2, 0.25) is 5.91 Å². The molecule has 0 aliphatic heterocycles. The molecule has 3 N–H and O–H groups in total. The molecule has 0 bridgehead atoms. The van der Waals surface area contributed by atoms with Crippen LogP contribution in [-0.4, -0.2) is 32.3 Å². The standard InChI is InChI=1S/C14H22N2O3/c1-2-18-10-3-4-14(17)16-12-5-7-13(8-6-12)19-11-9-15/h5-8H,2-4,9-11,15H2,1H3,(H,16,17). The lowest BCUT2D eigenvalue weighted by Gasteiger charge is -2.07. The van der Waals surface area contributed by atoms with Crippen LogP contribution < -0.4 is 15.8 Å². The van der Waals surface area contributed by atoms with Crippen LogP contribution in [0.3, 0.4) is 0 Å². The molecule has 1 aromatic carbocycles. The van der Waals surface area contributed by atoms with E-state index >= 15 is 0 Å². The second-order valence-corrected chi connectivity index (χ2v) is 4.01. The second-order valence-electron chi connectivity index (χ2n) is 4.01. The predicted molar refractivity (Wildman–Crippen MR) is 75.3 cm³/mol. The molecule has 0 aromatic heterocycles. The first kappa shape index (κ1) is 15.5. The fourth-order valence-electron chi connectivity index (χ4n) is 1.51. The number of ether oxygens (including phenoxy) is 2. The number of benzene rings is 1. The summed E-state index contributed by atoms with van der Waals surface area (Å²) < 4.78 is 10.5. The van der Waals surface area contributed by atoms with E-state index in [0.717, 1.165) is 17.9 Å². The van der Waals surface area contributed by atoms with E-state index in [1.54, 1.807) is 0 Å². The van der Waals surface area contributed by atoms with Crippen molar-refractivity contribution in [3.8, 4) is 5.75 Å². The molecule has 1 rings (SSSR count). The molecule has 0 saturated heterocycles. The lowest BCUT2D eigenvalue weighted by atomic mass is 10.2. The van der Waals surface area contributed by atoms with Crippen molar-refractivity contribution in [2.45, 2.75) is 19.8 Å². The molecule has 1 aromatic rings. The average Bonchev–Trinajstić information content (AvgIpc) is 2.43. The molecular formula is C14H22N2O3. The van der Waals surface area contributed by atoms with E-state index in [1.807, 2.05) is 31.2 Å². The molecule has 0 spiro atoms. The van der Waals surface area contributed by atoms with Gasteiger partial charge in [0.05, 0.1) is 0 Å². The molecular weight excluding hydrogens is 244 g/mol. The summed E-state index contributed by atoms with van der Waals surface area (Å²) in [5.41, 5.74) is 6.11. The lowest BCUT2D eigenvalue weighted by molar-refractivity contribution is -0.116. The summed E-state index contributed by atoms with van der Waals surface area (Å²) in [5.74, 6) is 0.745. The van der Waals surface area contributed by atoms with E-state index in [-0.39, 0.29) is 5.91 Å². The number of anilines is 1. The number of hydrogen-bond donors (Lipinski definition) is 2. The number of rotatable bonds is 9. The number of amides is 1. The van der Waals surface area contributed by atoms with Gasteiger partial charge in [0.15, 0.2) is 0 Å². The third-order valence-electron chi connectivity index (χ3n) is 2.42. The minimum absolute atomic E-state index is 0.00432. The van der Waals surface area contributed by atoms with Crippen LogP contribution in [0.1, 0.15) is 19.8 Å². The Bertz CT molecular complexity index is 365. The molecule has 0 radical (unpaired) electrons. The fourth-order valence-corrected chi connectivity index (χ4v) is 1.51. The molecule has 0 heterocycles. The van der Waals surface area contributed by atoms with Crippen molar-refractivity contribution >= 4 is 11.6 Å². The zero-order valence-electron chi connectivity index (χ0n) is 11.4. The van der Waals surface area contributed by atoms with E-state index < -0.39 is 0 Å². The minimum atomic E-state index is -0.00432. The first-order valence-corrected chi connectivity index (χ1v) is 6.56. The molecule has 1 amide bonds. The maximum Gasteiger partial charge on any atom is 0.224 e. The summed E-state index contributed by atoms with van der Waals surface area (Å²) in [7, 11) is 0. The summed E-state index contributed by atoms with van der Waals surface area (Å²) in [6.45, 7) is 4.22. The van der Waals surface area contributed by atoms with Crippen molar-refractivity contribution in [1.29, 1.82) is 0 Å². The third kappa shape index (κ3) is 6.79. The van der Waals surface area contributed by atoms with Crippen LogP contribution >= 0.6 is 0 Å². The first-order chi connectivity index (χ1) is 9.26. The summed E-state index contributed by atoms with van der Waals surface area (Å²) in [4.78, 5) is 11.6. The Hall–Kier alpha value is -1.59. The van der Waals surface area contributed by atoms with Crippen molar-refractivity contribution in [3.63, 3.8) is 0 Å². The van der Waals surface area contributed by atoms with Gasteiger partial charge in [-0.3, -0.25) is 4.79 Å². The first-order valence-electron chi connectivity index (χ1n) is 6.56. The van der Waals surface area contributed by atoms with E-state index in [9.17, 15) is 4.79 Å². The highest BCUT2D eigenvalue weighted by Gasteiger charge is 2.02. The number of carbonyl (C=O) groups is 1. The molecule has 0 aliphatic carbocycles. The van der Waals surface area contributed by atoms with Gasteiger partial charge < -0.3 is 20.5 Å². The van der Waals surface area contributed by atoms with Crippen molar-refractivity contribution in [2.75, 3.05) is 31.7 Å². The van der Waals surface area contributed by atoms with Gasteiger partial charge in [-0.15, -0.1) is 0 Å². The van der Waals surface area contributed by atoms with Crippen molar-refractivity contribution in [3.05, 3.63) is 24.3 Å². The zero-order valence-corrected chi connectivity index (χ0v) is 11.4. The van der Waals surface area contributed by atoms with Gasteiger partial charge in [-0.1, -0.05) is 0 Å². The van der Waals surface area contributed by atoms with Gasteiger partial charge in [-0.2, -0.15) is 0 Å². The van der Waals surface area contributed by atoms with Gasteiger partial charge in [0, 0.05) is 31.9 Å². The number of hydrogen-bond acceptors (Lipinski definition) is 4.